The molecule has 0 bridgehead atoms. The molecule has 3 aliphatic rings. The first-order valence-electron chi connectivity index (χ1n) is 9.60. The van der Waals surface area contributed by atoms with E-state index in [4.69, 9.17) is 15.7 Å². The summed E-state index contributed by atoms with van der Waals surface area (Å²) >= 11 is 0. The molecule has 2 saturated carbocycles. The summed E-state index contributed by atoms with van der Waals surface area (Å²) in [6, 6.07) is 6.09. The summed E-state index contributed by atoms with van der Waals surface area (Å²) < 4.78 is 0. The highest BCUT2D eigenvalue weighted by molar-refractivity contribution is 6.09. The van der Waals surface area contributed by atoms with Crippen LogP contribution in [-0.2, 0) is 0 Å². The first-order chi connectivity index (χ1) is 12.5. The molecule has 0 amide bonds. The molecule has 2 heterocycles. The lowest BCUT2D eigenvalue weighted by molar-refractivity contribution is 0.243. The number of amidine groups is 1. The third-order valence-corrected chi connectivity index (χ3v) is 5.73. The minimum atomic E-state index is -0.865. The Bertz CT molecular complexity index is 761. The second kappa shape index (κ2) is 6.50. The molecule has 4 N–H and O–H groups in total. The summed E-state index contributed by atoms with van der Waals surface area (Å²) in [7, 11) is 0. The molecule has 2 fully saturated rings. The predicted octanol–water partition coefficient (Wildman–Crippen LogP) is 2.48. The van der Waals surface area contributed by atoms with Crippen LogP contribution < -0.4 is 16.4 Å². The van der Waals surface area contributed by atoms with Gasteiger partial charge in [-0.2, -0.15) is 0 Å². The fourth-order valence-electron chi connectivity index (χ4n) is 3.52. The van der Waals surface area contributed by atoms with E-state index < -0.39 is 5.79 Å². The molecule has 2 aliphatic carbocycles. The summed E-state index contributed by atoms with van der Waals surface area (Å²) in [5.74, 6) is 2.03. The Balaban J connectivity index is 1.69. The maximum atomic E-state index is 6.73. The summed E-state index contributed by atoms with van der Waals surface area (Å²) in [6.07, 6.45) is 6.68. The maximum absolute atomic E-state index is 6.73. The first kappa shape index (κ1) is 17.2. The Morgan fingerprint density at radius 2 is 2.00 bits per heavy atom. The van der Waals surface area contributed by atoms with Gasteiger partial charge in [0.15, 0.2) is 17.6 Å². The normalized spacial score (nSPS) is 29.3. The number of nitrogens with two attached hydrogens (primary N) is 1. The van der Waals surface area contributed by atoms with Crippen molar-refractivity contribution in [2.75, 3.05) is 0 Å². The van der Waals surface area contributed by atoms with Gasteiger partial charge in [0.1, 0.15) is 5.69 Å². The molecule has 138 valence electrons. The van der Waals surface area contributed by atoms with E-state index in [1.165, 1.54) is 25.7 Å². The SMILES string of the molecule is C=Cc1cccc(C2=NC(N)([C@H](C)C3CC3)NC(=N[C@H](C)C3CC3)N2)n1. The van der Waals surface area contributed by atoms with Gasteiger partial charge >= 0.3 is 0 Å². The fraction of sp³-hybridized carbons (Fsp3) is 0.550. The van der Waals surface area contributed by atoms with Crippen LogP contribution in [0.2, 0.25) is 0 Å². The van der Waals surface area contributed by atoms with Gasteiger partial charge in [-0.3, -0.25) is 5.73 Å². The van der Waals surface area contributed by atoms with E-state index >= 15 is 0 Å². The van der Waals surface area contributed by atoms with Crippen molar-refractivity contribution in [1.29, 1.82) is 0 Å². The van der Waals surface area contributed by atoms with Gasteiger partial charge in [-0.15, -0.1) is 0 Å². The van der Waals surface area contributed by atoms with E-state index in [1.54, 1.807) is 6.08 Å². The van der Waals surface area contributed by atoms with Crippen molar-refractivity contribution in [2.24, 2.45) is 33.5 Å². The van der Waals surface area contributed by atoms with Crippen molar-refractivity contribution >= 4 is 17.9 Å². The van der Waals surface area contributed by atoms with Crippen LogP contribution in [-0.4, -0.2) is 28.6 Å². The monoisotopic (exact) mass is 352 g/mol. The number of aromatic nitrogens is 1. The van der Waals surface area contributed by atoms with E-state index in [2.05, 4.69) is 36.0 Å². The lowest BCUT2D eigenvalue weighted by Crippen LogP contribution is -2.67. The van der Waals surface area contributed by atoms with Gasteiger partial charge in [-0.05, 0) is 62.7 Å². The Morgan fingerprint density at radius 3 is 2.65 bits per heavy atom. The summed E-state index contributed by atoms with van der Waals surface area (Å²) in [5, 5.41) is 6.69. The number of pyridine rings is 1. The van der Waals surface area contributed by atoms with Crippen LogP contribution in [0.25, 0.3) is 6.08 Å². The molecule has 0 radical (unpaired) electrons. The number of rotatable bonds is 6. The van der Waals surface area contributed by atoms with E-state index in [1.807, 2.05) is 18.2 Å². The van der Waals surface area contributed by atoms with Gasteiger partial charge in [0.25, 0.3) is 0 Å². The average Bonchev–Trinajstić information content (AvgIpc) is 3.52. The number of hydrogen-bond donors (Lipinski definition) is 3. The molecule has 0 saturated heterocycles. The Hall–Kier alpha value is -2.21. The van der Waals surface area contributed by atoms with E-state index in [9.17, 15) is 0 Å². The number of hydrogen-bond acceptors (Lipinski definition) is 4. The van der Waals surface area contributed by atoms with Gasteiger partial charge in [0.05, 0.1) is 11.7 Å². The predicted molar refractivity (Wildman–Crippen MR) is 106 cm³/mol. The minimum Gasteiger partial charge on any atom is -0.319 e. The molecular weight excluding hydrogens is 324 g/mol. The molecule has 1 unspecified atom stereocenters. The summed E-state index contributed by atoms with van der Waals surface area (Å²) in [6.45, 7) is 8.14. The molecule has 1 aliphatic heterocycles. The minimum absolute atomic E-state index is 0.226. The van der Waals surface area contributed by atoms with Crippen molar-refractivity contribution in [3.63, 3.8) is 0 Å². The van der Waals surface area contributed by atoms with Crippen molar-refractivity contribution < 1.29 is 0 Å². The van der Waals surface area contributed by atoms with Crippen LogP contribution in [0.3, 0.4) is 0 Å². The molecule has 0 spiro atoms. The van der Waals surface area contributed by atoms with Crippen LogP contribution >= 0.6 is 0 Å². The van der Waals surface area contributed by atoms with Gasteiger partial charge < -0.3 is 10.6 Å². The van der Waals surface area contributed by atoms with E-state index in [0.717, 1.165) is 11.4 Å². The van der Waals surface area contributed by atoms with E-state index in [-0.39, 0.29) is 12.0 Å². The topological polar surface area (TPSA) is 87.7 Å². The molecule has 1 aromatic heterocycles. The van der Waals surface area contributed by atoms with Gasteiger partial charge in [-0.25, -0.2) is 15.0 Å². The molecule has 6 nitrogen and oxygen atoms in total. The number of nitrogens with one attached hydrogen (secondary N) is 2. The Labute approximate surface area is 155 Å². The molecule has 6 heteroatoms. The number of guanidine groups is 1. The molecule has 3 atom stereocenters. The second-order valence-corrected chi connectivity index (χ2v) is 7.87. The number of aliphatic imine (C=N–C) groups is 2. The smallest absolute Gasteiger partial charge is 0.200 e. The van der Waals surface area contributed by atoms with Gasteiger partial charge in [0, 0.05) is 5.92 Å². The Kier molecular flexibility index (Phi) is 4.31. The molecular formula is C20H28N6. The molecule has 1 aromatic rings. The second-order valence-electron chi connectivity index (χ2n) is 7.87. The first-order valence-corrected chi connectivity index (χ1v) is 9.60. The van der Waals surface area contributed by atoms with Crippen molar-refractivity contribution in [3.05, 3.63) is 36.2 Å². The highest BCUT2D eigenvalue weighted by atomic mass is 15.4. The van der Waals surface area contributed by atoms with Crippen LogP contribution in [0.4, 0.5) is 0 Å². The third kappa shape index (κ3) is 3.51. The van der Waals surface area contributed by atoms with Crippen LogP contribution in [0.5, 0.6) is 0 Å². The lowest BCUT2D eigenvalue weighted by Gasteiger charge is -2.38. The van der Waals surface area contributed by atoms with Crippen LogP contribution in [0.15, 0.2) is 34.8 Å². The summed E-state index contributed by atoms with van der Waals surface area (Å²) in [5.41, 5.74) is 8.30. The molecule has 26 heavy (non-hydrogen) atoms. The zero-order valence-electron chi connectivity index (χ0n) is 15.6. The highest BCUT2D eigenvalue weighted by Gasteiger charge is 2.44. The van der Waals surface area contributed by atoms with Crippen LogP contribution in [0.1, 0.15) is 50.9 Å². The third-order valence-electron chi connectivity index (χ3n) is 5.73. The largest absolute Gasteiger partial charge is 0.319 e. The zero-order valence-corrected chi connectivity index (χ0v) is 15.6. The van der Waals surface area contributed by atoms with Crippen molar-refractivity contribution in [2.45, 2.75) is 51.4 Å². The van der Waals surface area contributed by atoms with Gasteiger partial charge in [-0.1, -0.05) is 19.6 Å². The quantitative estimate of drug-likeness (QED) is 0.734. The van der Waals surface area contributed by atoms with Crippen LogP contribution in [0, 0.1) is 17.8 Å². The maximum Gasteiger partial charge on any atom is 0.200 e. The highest BCUT2D eigenvalue weighted by Crippen LogP contribution is 2.41. The molecule has 4 rings (SSSR count). The number of nitrogens with zero attached hydrogens (tertiary/aromatic N) is 3. The Morgan fingerprint density at radius 1 is 1.27 bits per heavy atom. The van der Waals surface area contributed by atoms with Crippen molar-refractivity contribution in [1.82, 2.24) is 15.6 Å². The molecule has 0 aromatic carbocycles. The van der Waals surface area contributed by atoms with E-state index in [0.29, 0.717) is 23.6 Å². The zero-order chi connectivity index (χ0) is 18.3. The van der Waals surface area contributed by atoms with Crippen molar-refractivity contribution in [3.8, 4) is 0 Å². The van der Waals surface area contributed by atoms with Gasteiger partial charge in [0.2, 0.25) is 0 Å². The standard InChI is InChI=1S/C20H28N6/c1-4-16-6-5-7-17(23-16)18-24-19(22-13(3)15-10-11-15)26-20(21,25-18)12(2)14-8-9-14/h4-7,12-15H,1,8-11,21H2,2-3H3,(H2,22,24,25,26)/t12-,13-,20?/m1/s1. The lowest BCUT2D eigenvalue weighted by atomic mass is 9.97. The summed E-state index contributed by atoms with van der Waals surface area (Å²) in [4.78, 5) is 14.3. The fourth-order valence-corrected chi connectivity index (χ4v) is 3.52. The average molecular weight is 352 g/mol.